The molecule has 2 aromatic rings. The van der Waals surface area contributed by atoms with E-state index in [4.69, 9.17) is 14.7 Å². The Labute approximate surface area is 117 Å². The molecule has 102 valence electrons. The Morgan fingerprint density at radius 1 is 1.00 bits per heavy atom. The summed E-state index contributed by atoms with van der Waals surface area (Å²) in [5.41, 5.74) is 1.12. The minimum Gasteiger partial charge on any atom is -0.491 e. The van der Waals surface area contributed by atoms with Crippen molar-refractivity contribution in [3.05, 3.63) is 65.5 Å². The quantitative estimate of drug-likeness (QED) is 0.757. The maximum atomic E-state index is 13.3. The zero-order valence-corrected chi connectivity index (χ0v) is 10.9. The maximum absolute atomic E-state index is 13.3. The van der Waals surface area contributed by atoms with Gasteiger partial charge in [-0.25, -0.2) is 4.39 Å². The van der Waals surface area contributed by atoms with E-state index in [1.807, 2.05) is 6.07 Å². The molecule has 0 aromatic heterocycles. The van der Waals surface area contributed by atoms with Crippen molar-refractivity contribution in [3.8, 4) is 11.8 Å². The highest BCUT2D eigenvalue weighted by Crippen LogP contribution is 2.11. The van der Waals surface area contributed by atoms with E-state index in [-0.39, 0.29) is 12.4 Å². The molecule has 0 aliphatic rings. The van der Waals surface area contributed by atoms with E-state index in [2.05, 4.69) is 0 Å². The first-order chi connectivity index (χ1) is 9.79. The summed E-state index contributed by atoms with van der Waals surface area (Å²) in [7, 11) is 0. The number of hydrogen-bond donors (Lipinski definition) is 0. The first-order valence-electron chi connectivity index (χ1n) is 6.24. The van der Waals surface area contributed by atoms with Crippen LogP contribution in [-0.4, -0.2) is 13.2 Å². The lowest BCUT2D eigenvalue weighted by Gasteiger charge is -2.07. The molecule has 0 heterocycles. The van der Waals surface area contributed by atoms with Crippen LogP contribution in [0.15, 0.2) is 48.5 Å². The SMILES string of the molecule is N#Cc1ccc(OCCOCc2ccccc2F)cc1. The molecule has 0 saturated heterocycles. The van der Waals surface area contributed by atoms with E-state index in [0.29, 0.717) is 30.1 Å². The normalized spacial score (nSPS) is 10.0. The van der Waals surface area contributed by atoms with Gasteiger partial charge < -0.3 is 9.47 Å². The van der Waals surface area contributed by atoms with Crippen molar-refractivity contribution in [2.24, 2.45) is 0 Å². The van der Waals surface area contributed by atoms with E-state index < -0.39 is 0 Å². The standard InChI is InChI=1S/C16H14FNO2/c17-16-4-2-1-3-14(16)12-19-9-10-20-15-7-5-13(11-18)6-8-15/h1-8H,9-10,12H2. The Morgan fingerprint density at radius 2 is 1.75 bits per heavy atom. The average Bonchev–Trinajstić information content (AvgIpc) is 2.49. The summed E-state index contributed by atoms with van der Waals surface area (Å²) in [6, 6.07) is 15.4. The number of halogens is 1. The second-order valence-electron chi connectivity index (χ2n) is 4.13. The van der Waals surface area contributed by atoms with Crippen molar-refractivity contribution in [2.45, 2.75) is 6.61 Å². The van der Waals surface area contributed by atoms with Crippen LogP contribution in [0.25, 0.3) is 0 Å². The zero-order chi connectivity index (χ0) is 14.2. The largest absolute Gasteiger partial charge is 0.491 e. The van der Waals surface area contributed by atoms with Crippen LogP contribution in [0.4, 0.5) is 4.39 Å². The average molecular weight is 271 g/mol. The van der Waals surface area contributed by atoms with Crippen molar-refractivity contribution in [1.82, 2.24) is 0 Å². The minimum atomic E-state index is -0.263. The Bertz CT molecular complexity index is 590. The fourth-order valence-electron chi connectivity index (χ4n) is 1.64. The molecule has 2 aromatic carbocycles. The number of benzene rings is 2. The summed E-state index contributed by atoms with van der Waals surface area (Å²) in [6.07, 6.45) is 0. The van der Waals surface area contributed by atoms with E-state index >= 15 is 0 Å². The van der Waals surface area contributed by atoms with Gasteiger partial charge in [-0.3, -0.25) is 0 Å². The third-order valence-corrected chi connectivity index (χ3v) is 2.70. The molecular formula is C16H14FNO2. The van der Waals surface area contributed by atoms with E-state index in [1.54, 1.807) is 42.5 Å². The predicted octanol–water partition coefficient (Wildman–Crippen LogP) is 3.29. The van der Waals surface area contributed by atoms with Gasteiger partial charge in [0.05, 0.1) is 24.8 Å². The van der Waals surface area contributed by atoms with Gasteiger partial charge >= 0.3 is 0 Å². The van der Waals surface area contributed by atoms with Gasteiger partial charge in [-0.1, -0.05) is 18.2 Å². The number of ether oxygens (including phenoxy) is 2. The first kappa shape index (κ1) is 14.0. The lowest BCUT2D eigenvalue weighted by molar-refractivity contribution is 0.0872. The molecule has 2 rings (SSSR count). The van der Waals surface area contributed by atoms with Gasteiger partial charge in [0.15, 0.2) is 0 Å². The highest BCUT2D eigenvalue weighted by Gasteiger charge is 2.00. The number of rotatable bonds is 6. The number of nitrogens with zero attached hydrogens (tertiary/aromatic N) is 1. The maximum Gasteiger partial charge on any atom is 0.128 e. The molecule has 0 N–H and O–H groups in total. The van der Waals surface area contributed by atoms with E-state index in [9.17, 15) is 4.39 Å². The third kappa shape index (κ3) is 4.08. The van der Waals surface area contributed by atoms with Crippen LogP contribution in [0.5, 0.6) is 5.75 Å². The van der Waals surface area contributed by atoms with Gasteiger partial charge in [-0.15, -0.1) is 0 Å². The van der Waals surface area contributed by atoms with Gasteiger partial charge in [0.25, 0.3) is 0 Å². The van der Waals surface area contributed by atoms with E-state index in [1.165, 1.54) is 6.07 Å². The molecule has 0 fully saturated rings. The second kappa shape index (κ2) is 7.27. The summed E-state index contributed by atoms with van der Waals surface area (Å²) in [4.78, 5) is 0. The molecule has 0 atom stereocenters. The summed E-state index contributed by atoms with van der Waals surface area (Å²) < 4.78 is 24.1. The lowest BCUT2D eigenvalue weighted by Crippen LogP contribution is -2.07. The third-order valence-electron chi connectivity index (χ3n) is 2.70. The Hall–Kier alpha value is -2.38. The molecule has 0 amide bonds. The monoisotopic (exact) mass is 271 g/mol. The van der Waals surface area contributed by atoms with Gasteiger partial charge in [-0.2, -0.15) is 5.26 Å². The molecule has 0 saturated carbocycles. The van der Waals surface area contributed by atoms with Gasteiger partial charge in [0.2, 0.25) is 0 Å². The van der Waals surface area contributed by atoms with Crippen LogP contribution in [0.3, 0.4) is 0 Å². The van der Waals surface area contributed by atoms with Crippen LogP contribution in [0.1, 0.15) is 11.1 Å². The molecule has 20 heavy (non-hydrogen) atoms. The molecule has 0 radical (unpaired) electrons. The van der Waals surface area contributed by atoms with Crippen LogP contribution in [0, 0.1) is 17.1 Å². The second-order valence-corrected chi connectivity index (χ2v) is 4.13. The summed E-state index contributed by atoms with van der Waals surface area (Å²) in [5.74, 6) is 0.416. The Kier molecular flexibility index (Phi) is 5.10. The van der Waals surface area contributed by atoms with Crippen molar-refractivity contribution in [1.29, 1.82) is 5.26 Å². The number of nitriles is 1. The van der Waals surface area contributed by atoms with Crippen molar-refractivity contribution in [2.75, 3.05) is 13.2 Å². The minimum absolute atomic E-state index is 0.226. The number of hydrogen-bond acceptors (Lipinski definition) is 3. The van der Waals surface area contributed by atoms with Crippen molar-refractivity contribution in [3.63, 3.8) is 0 Å². The molecule has 0 aliphatic heterocycles. The van der Waals surface area contributed by atoms with Crippen LogP contribution >= 0.6 is 0 Å². The molecule has 0 aliphatic carbocycles. The van der Waals surface area contributed by atoms with Gasteiger partial charge in [0.1, 0.15) is 18.2 Å². The van der Waals surface area contributed by atoms with Crippen LogP contribution < -0.4 is 4.74 Å². The van der Waals surface area contributed by atoms with Crippen LogP contribution in [-0.2, 0) is 11.3 Å². The molecule has 4 heteroatoms. The Balaban J connectivity index is 1.69. The summed E-state index contributed by atoms with van der Waals surface area (Å²) >= 11 is 0. The fourth-order valence-corrected chi connectivity index (χ4v) is 1.64. The van der Waals surface area contributed by atoms with Gasteiger partial charge in [0, 0.05) is 5.56 Å². The van der Waals surface area contributed by atoms with Crippen LogP contribution in [0.2, 0.25) is 0 Å². The summed E-state index contributed by atoms with van der Waals surface area (Å²) in [5, 5.41) is 8.66. The smallest absolute Gasteiger partial charge is 0.128 e. The van der Waals surface area contributed by atoms with Gasteiger partial charge in [-0.05, 0) is 30.3 Å². The fraction of sp³-hybridized carbons (Fsp3) is 0.188. The highest BCUT2D eigenvalue weighted by atomic mass is 19.1. The molecule has 0 unspecified atom stereocenters. The molecule has 0 bridgehead atoms. The first-order valence-corrected chi connectivity index (χ1v) is 6.24. The lowest BCUT2D eigenvalue weighted by atomic mass is 10.2. The predicted molar refractivity (Wildman–Crippen MR) is 72.7 cm³/mol. The summed E-state index contributed by atoms with van der Waals surface area (Å²) in [6.45, 7) is 0.970. The molecule has 0 spiro atoms. The zero-order valence-electron chi connectivity index (χ0n) is 10.9. The molecule has 3 nitrogen and oxygen atoms in total. The van der Waals surface area contributed by atoms with E-state index in [0.717, 1.165) is 0 Å². The van der Waals surface area contributed by atoms with Crippen molar-refractivity contribution >= 4 is 0 Å². The molecular weight excluding hydrogens is 257 g/mol. The van der Waals surface area contributed by atoms with Crippen molar-refractivity contribution < 1.29 is 13.9 Å². The Morgan fingerprint density at radius 3 is 2.45 bits per heavy atom. The highest BCUT2D eigenvalue weighted by molar-refractivity contribution is 5.34. The topological polar surface area (TPSA) is 42.2 Å².